The average Bonchev–Trinajstić information content (AvgIpc) is 3.55. The monoisotopic (exact) mass is 639 g/mol. The van der Waals surface area contributed by atoms with Crippen LogP contribution >= 0.6 is 11.8 Å². The minimum atomic E-state index is -4.75. The molecule has 9 nitrogen and oxygen atoms in total. The number of halogens is 3. The first-order valence-electron chi connectivity index (χ1n) is 14.2. The zero-order chi connectivity index (χ0) is 32.2. The third kappa shape index (κ3) is 10.8. The lowest BCUT2D eigenvalue weighted by molar-refractivity contribution is -0.303. The van der Waals surface area contributed by atoms with Crippen LogP contribution in [-0.2, 0) is 9.53 Å². The summed E-state index contributed by atoms with van der Waals surface area (Å²) in [7, 11) is 0. The van der Waals surface area contributed by atoms with E-state index in [1.165, 1.54) is 42.4 Å². The maximum absolute atomic E-state index is 12.4. The standard InChI is InChI=1S/C32H33F3N6O3S/c1-21-6-5-7-22(2)28(21)40-31(45-20-43-30(42)25-8-3-4-9-25)41-39-18-23-10-12-24(13-11-23)29(36)38-19-37-26-14-16-27(17-15-26)44-32(33,34)35/h5-7,10-19,25H,3-4,8-9,20H2,1-2H3,(H,40,41)(H2,36,37,38)/p+1/b39-18+. The average molecular weight is 640 g/mol. The number of hydrogen-bond acceptors (Lipinski definition) is 7. The van der Waals surface area contributed by atoms with Gasteiger partial charge in [-0.05, 0) is 91.5 Å². The van der Waals surface area contributed by atoms with E-state index in [1.807, 2.05) is 44.2 Å². The lowest BCUT2D eigenvalue weighted by Crippen LogP contribution is -2.74. The number of hydrazone groups is 1. The molecule has 3 aromatic carbocycles. The van der Waals surface area contributed by atoms with Gasteiger partial charge in [0.2, 0.25) is 12.2 Å². The fourth-order valence-corrected chi connectivity index (χ4v) is 5.06. The third-order valence-corrected chi connectivity index (χ3v) is 7.53. The van der Waals surface area contributed by atoms with Crippen molar-refractivity contribution in [1.29, 1.82) is 0 Å². The van der Waals surface area contributed by atoms with Gasteiger partial charge >= 0.3 is 12.3 Å². The van der Waals surface area contributed by atoms with Crippen molar-refractivity contribution in [3.8, 4) is 5.75 Å². The second-order valence-corrected chi connectivity index (χ2v) is 11.1. The SMILES string of the molecule is Cc1cccc(C)c1N=C(N/N=C/c1ccc(C(N)=[NH+]C=Nc2ccc(OC(F)(F)F)cc2)cc1)SCOC(=O)C1CCCC1. The number of aryl methyl sites for hydroxylation is 2. The van der Waals surface area contributed by atoms with Gasteiger partial charge in [-0.15, -0.1) is 18.2 Å². The van der Waals surface area contributed by atoms with E-state index in [0.29, 0.717) is 22.3 Å². The van der Waals surface area contributed by atoms with E-state index >= 15 is 0 Å². The molecular formula is C32H34F3N6O3S+. The Hall–Kier alpha value is -4.65. The van der Waals surface area contributed by atoms with Crippen molar-refractivity contribution in [3.05, 3.63) is 89.0 Å². The van der Waals surface area contributed by atoms with Crippen LogP contribution in [0.15, 0.2) is 81.8 Å². The van der Waals surface area contributed by atoms with Crippen LogP contribution in [-0.4, -0.2) is 41.8 Å². The highest BCUT2D eigenvalue weighted by Gasteiger charge is 2.31. The highest BCUT2D eigenvalue weighted by molar-refractivity contribution is 8.13. The van der Waals surface area contributed by atoms with Gasteiger partial charge in [0.25, 0.3) is 0 Å². The molecule has 3 aromatic rings. The van der Waals surface area contributed by atoms with E-state index in [-0.39, 0.29) is 23.6 Å². The summed E-state index contributed by atoms with van der Waals surface area (Å²) in [5.74, 6) is -0.0678. The third-order valence-electron chi connectivity index (χ3n) is 6.84. The number of nitrogens with zero attached hydrogens (tertiary/aromatic N) is 3. The highest BCUT2D eigenvalue weighted by atomic mass is 32.2. The van der Waals surface area contributed by atoms with Crippen LogP contribution in [0.4, 0.5) is 24.5 Å². The maximum Gasteiger partial charge on any atom is 0.573 e. The lowest BCUT2D eigenvalue weighted by atomic mass is 10.1. The molecule has 45 heavy (non-hydrogen) atoms. The molecule has 0 aliphatic heterocycles. The Kier molecular flexibility index (Phi) is 11.7. The minimum absolute atomic E-state index is 0.0187. The van der Waals surface area contributed by atoms with Crippen LogP contribution in [0.2, 0.25) is 0 Å². The summed E-state index contributed by atoms with van der Waals surface area (Å²) in [6.07, 6.45) is 2.09. The molecular weight excluding hydrogens is 605 g/mol. The second kappa shape index (κ2) is 15.9. The number of esters is 1. The van der Waals surface area contributed by atoms with E-state index in [1.54, 1.807) is 18.3 Å². The molecule has 0 bridgehead atoms. The Morgan fingerprint density at radius 2 is 1.71 bits per heavy atom. The topological polar surface area (TPSA) is 125 Å². The number of aliphatic imine (C=N–C) groups is 2. The summed E-state index contributed by atoms with van der Waals surface area (Å²) in [6.45, 7) is 3.97. The highest BCUT2D eigenvalue weighted by Crippen LogP contribution is 2.27. The first kappa shape index (κ1) is 33.2. The van der Waals surface area contributed by atoms with E-state index in [0.717, 1.165) is 48.1 Å². The molecule has 0 spiro atoms. The summed E-state index contributed by atoms with van der Waals surface area (Å²) in [5.41, 5.74) is 13.8. The number of carbonyl (C=O) groups excluding carboxylic acids is 1. The molecule has 1 saturated carbocycles. The summed E-state index contributed by atoms with van der Waals surface area (Å²) < 4.78 is 46.3. The molecule has 4 N–H and O–H groups in total. The number of benzene rings is 3. The van der Waals surface area contributed by atoms with Crippen molar-refractivity contribution in [3.63, 3.8) is 0 Å². The van der Waals surface area contributed by atoms with Crippen LogP contribution in [0, 0.1) is 19.8 Å². The zero-order valence-electron chi connectivity index (χ0n) is 24.8. The largest absolute Gasteiger partial charge is 0.573 e. The van der Waals surface area contributed by atoms with Crippen LogP contribution in [0.3, 0.4) is 0 Å². The molecule has 4 rings (SSSR count). The first-order chi connectivity index (χ1) is 21.6. The van der Waals surface area contributed by atoms with Crippen molar-refractivity contribution >= 4 is 52.7 Å². The van der Waals surface area contributed by atoms with Gasteiger partial charge in [-0.2, -0.15) is 5.10 Å². The van der Waals surface area contributed by atoms with Gasteiger partial charge in [0.15, 0.2) is 5.17 Å². The Balaban J connectivity index is 1.36. The van der Waals surface area contributed by atoms with E-state index < -0.39 is 6.36 Å². The molecule has 13 heteroatoms. The maximum atomic E-state index is 12.4. The number of alkyl halides is 3. The number of nitrogens with two attached hydrogens (primary N) is 1. The Labute approximate surface area is 263 Å². The number of ether oxygens (including phenoxy) is 2. The van der Waals surface area contributed by atoms with Gasteiger partial charge in [-0.25, -0.2) is 9.98 Å². The summed E-state index contributed by atoms with van der Waals surface area (Å²) in [6, 6.07) is 18.3. The van der Waals surface area contributed by atoms with E-state index in [2.05, 4.69) is 25.2 Å². The number of hydrogen-bond donors (Lipinski definition) is 3. The predicted octanol–water partition coefficient (Wildman–Crippen LogP) is 5.38. The number of amidine groups is 2. The van der Waals surface area contributed by atoms with Crippen molar-refractivity contribution in [2.24, 2.45) is 26.7 Å². The summed E-state index contributed by atoms with van der Waals surface area (Å²) in [5, 5.41) is 4.83. The normalized spacial score (nSPS) is 14.8. The molecule has 0 saturated heterocycles. The number of nitrogen functional groups attached to an aromatic ring is 1. The second-order valence-electron chi connectivity index (χ2n) is 10.2. The molecule has 0 aromatic heterocycles. The molecule has 0 radical (unpaired) electrons. The smallest absolute Gasteiger partial charge is 0.454 e. The molecule has 0 atom stereocenters. The van der Waals surface area contributed by atoms with Gasteiger partial charge in [-0.3, -0.25) is 10.2 Å². The van der Waals surface area contributed by atoms with Crippen molar-refractivity contribution < 1.29 is 32.4 Å². The molecule has 1 aliphatic rings. The lowest BCUT2D eigenvalue weighted by Gasteiger charge is -2.11. The Morgan fingerprint density at radius 3 is 2.36 bits per heavy atom. The van der Waals surface area contributed by atoms with Gasteiger partial charge in [0.1, 0.15) is 17.4 Å². The Morgan fingerprint density at radius 1 is 1.04 bits per heavy atom. The zero-order valence-corrected chi connectivity index (χ0v) is 25.6. The summed E-state index contributed by atoms with van der Waals surface area (Å²) >= 11 is 1.26. The molecule has 0 unspecified atom stereocenters. The quantitative estimate of drug-likeness (QED) is 0.0900. The van der Waals surface area contributed by atoms with Gasteiger partial charge in [0.05, 0.1) is 17.8 Å². The predicted molar refractivity (Wildman–Crippen MR) is 171 cm³/mol. The van der Waals surface area contributed by atoms with E-state index in [9.17, 15) is 18.0 Å². The van der Waals surface area contributed by atoms with Gasteiger partial charge in [-0.1, -0.05) is 43.2 Å². The molecule has 1 aliphatic carbocycles. The molecule has 236 valence electrons. The van der Waals surface area contributed by atoms with Gasteiger partial charge < -0.3 is 15.2 Å². The summed E-state index contributed by atoms with van der Waals surface area (Å²) in [4.78, 5) is 24.1. The number of para-hydroxylation sites is 1. The van der Waals surface area contributed by atoms with Crippen LogP contribution in [0.5, 0.6) is 5.75 Å². The van der Waals surface area contributed by atoms with E-state index in [4.69, 9.17) is 15.5 Å². The fourth-order valence-electron chi connectivity index (χ4n) is 4.50. The number of thioether (sulfide) groups is 1. The molecule has 0 amide bonds. The number of rotatable bonds is 10. The van der Waals surface area contributed by atoms with Gasteiger partial charge in [0, 0.05) is 5.56 Å². The van der Waals surface area contributed by atoms with Crippen molar-refractivity contribution in [2.45, 2.75) is 45.9 Å². The first-order valence-corrected chi connectivity index (χ1v) is 15.2. The Bertz CT molecular complexity index is 1550. The van der Waals surface area contributed by atoms with Crippen LogP contribution in [0.1, 0.15) is 47.9 Å². The number of nitrogens with one attached hydrogen (secondary N) is 2. The van der Waals surface area contributed by atoms with Crippen molar-refractivity contribution in [1.82, 2.24) is 5.43 Å². The van der Waals surface area contributed by atoms with Crippen molar-refractivity contribution in [2.75, 3.05) is 5.94 Å². The minimum Gasteiger partial charge on any atom is -0.454 e. The number of carbonyl (C=O) groups is 1. The molecule has 1 fully saturated rings. The fraction of sp³-hybridized carbons (Fsp3) is 0.281. The van der Waals surface area contributed by atoms with Crippen LogP contribution < -0.4 is 20.9 Å². The molecule has 0 heterocycles. The van der Waals surface area contributed by atoms with Crippen LogP contribution in [0.25, 0.3) is 0 Å².